The van der Waals surface area contributed by atoms with E-state index in [-0.39, 0.29) is 57.2 Å². The first-order chi connectivity index (χ1) is 1.41. The van der Waals surface area contributed by atoms with E-state index in [0.29, 0.717) is 0 Å². The van der Waals surface area contributed by atoms with Crippen LogP contribution in [0.25, 0.3) is 0 Å². The summed E-state index contributed by atoms with van der Waals surface area (Å²) >= 11 is 0. The van der Waals surface area contributed by atoms with E-state index in [1.807, 2.05) is 0 Å². The number of hydrogen-bond acceptors (Lipinski definition) is 1. The Hall–Kier alpha value is 1.44. The predicted molar refractivity (Wildman–Crippen MR) is 17.1 cm³/mol. The van der Waals surface area contributed by atoms with Gasteiger partial charge in [-0.05, 0) is 0 Å². The van der Waals surface area contributed by atoms with Gasteiger partial charge in [0.15, 0.2) is 0 Å². The molecule has 0 aromatic heterocycles. The van der Waals surface area contributed by atoms with Crippen molar-refractivity contribution in [2.45, 2.75) is 6.92 Å². The average Bonchev–Trinajstić information content (AvgIpc) is 0.918. The van der Waals surface area contributed by atoms with Crippen molar-refractivity contribution in [2.75, 3.05) is 0 Å². The Morgan fingerprint density at radius 2 is 1.50 bits per heavy atom. The molecule has 0 heterocycles. The Morgan fingerprint density at radius 1 is 1.50 bits per heavy atom. The summed E-state index contributed by atoms with van der Waals surface area (Å²) in [5.41, 5.74) is 0. The van der Waals surface area contributed by atoms with Crippen molar-refractivity contribution >= 4 is 29.3 Å². The summed E-state index contributed by atoms with van der Waals surface area (Å²) in [7, 11) is 0. The van der Waals surface area contributed by atoms with E-state index in [1.165, 1.54) is 13.2 Å². The fourth-order valence-electron chi connectivity index (χ4n) is 0. The molecule has 0 saturated heterocycles. The first-order valence-electron chi connectivity index (χ1n) is 0.704. The van der Waals surface area contributed by atoms with Crippen molar-refractivity contribution in [1.29, 1.82) is 0 Å². The zero-order valence-corrected chi connectivity index (χ0v) is 7.23. The predicted octanol–water partition coefficient (Wildman–Crippen LogP) is -3.26. The smallest absolute Gasteiger partial charge is 1.00 e. The van der Waals surface area contributed by atoms with Gasteiger partial charge in [0.25, 0.3) is 0 Å². The molecule has 0 rings (SSSR count). The van der Waals surface area contributed by atoms with Crippen LogP contribution in [0, 0.1) is 0 Å². The van der Waals surface area contributed by atoms with Crippen molar-refractivity contribution in [3.8, 4) is 0 Å². The minimum absolute atomic E-state index is 0. The molecular formula is C2H3ClMgOTi. The molecule has 1 nitrogen and oxygen atoms in total. The molecule has 0 aliphatic carbocycles. The number of rotatable bonds is 0. The second kappa shape index (κ2) is 32.0. The topological polar surface area (TPSA) is 17.1 Å². The van der Waals surface area contributed by atoms with E-state index < -0.39 is 0 Å². The molecule has 0 saturated carbocycles. The molecule has 0 spiro atoms. The third-order valence-electron chi connectivity index (χ3n) is 0. The Balaban J connectivity index is -0.00000000667. The average molecular weight is 151 g/mol. The van der Waals surface area contributed by atoms with Crippen molar-refractivity contribution in [1.82, 2.24) is 0 Å². The third-order valence-corrected chi connectivity index (χ3v) is 0. The molecule has 0 aromatic rings. The summed E-state index contributed by atoms with van der Waals surface area (Å²) < 4.78 is 0. The fraction of sp³-hybridized carbons (Fsp3) is 0.500. The van der Waals surface area contributed by atoms with E-state index in [2.05, 4.69) is 0 Å². The van der Waals surface area contributed by atoms with Crippen LogP contribution in [0.4, 0.5) is 0 Å². The molecule has 0 fully saturated rings. The molecule has 6 heavy (non-hydrogen) atoms. The van der Waals surface area contributed by atoms with Gasteiger partial charge in [0.1, 0.15) is 0 Å². The monoisotopic (exact) mass is 150 g/mol. The van der Waals surface area contributed by atoms with Gasteiger partial charge in [-0.2, -0.15) is 6.92 Å². The summed E-state index contributed by atoms with van der Waals surface area (Å²) in [5.74, 6) is 0. The van der Waals surface area contributed by atoms with E-state index in [9.17, 15) is 0 Å². The summed E-state index contributed by atoms with van der Waals surface area (Å²) in [5, 5.41) is 0. The Bertz CT molecular complexity index is 21.0. The van der Waals surface area contributed by atoms with Crippen molar-refractivity contribution in [2.24, 2.45) is 0 Å². The van der Waals surface area contributed by atoms with Gasteiger partial charge >= 0.3 is 23.1 Å². The van der Waals surface area contributed by atoms with Gasteiger partial charge in [-0.3, -0.25) is 6.29 Å². The van der Waals surface area contributed by atoms with Crippen molar-refractivity contribution < 1.29 is 38.9 Å². The van der Waals surface area contributed by atoms with Crippen LogP contribution >= 0.6 is 0 Å². The number of hydrogen-bond donors (Lipinski definition) is 0. The second-order valence-corrected chi connectivity index (χ2v) is 0.204. The molecule has 30 valence electrons. The Kier molecular flexibility index (Phi) is 139. The molecule has 0 aliphatic rings. The largest absolute Gasteiger partial charge is 2.00 e. The van der Waals surface area contributed by atoms with Crippen LogP contribution in [0.2, 0.25) is 0 Å². The summed E-state index contributed by atoms with van der Waals surface area (Å²) in [4.78, 5) is 8.68. The first-order valence-corrected chi connectivity index (χ1v) is 0.704. The van der Waals surface area contributed by atoms with E-state index in [1.54, 1.807) is 0 Å². The summed E-state index contributed by atoms with van der Waals surface area (Å²) in [6.45, 7) is 1.32. The molecule has 4 heteroatoms. The maximum absolute atomic E-state index is 8.68. The molecule has 0 amide bonds. The van der Waals surface area contributed by atoms with Crippen molar-refractivity contribution in [3.63, 3.8) is 0 Å². The summed E-state index contributed by atoms with van der Waals surface area (Å²) in [6, 6.07) is 0. The first kappa shape index (κ1) is 26.1. The van der Waals surface area contributed by atoms with Crippen LogP contribution < -0.4 is 12.4 Å². The van der Waals surface area contributed by atoms with Crippen LogP contribution in [0.3, 0.4) is 0 Å². The van der Waals surface area contributed by atoms with Crippen molar-refractivity contribution in [3.05, 3.63) is 0 Å². The zero-order valence-electron chi connectivity index (χ0n) is 3.49. The zero-order chi connectivity index (χ0) is 2.71. The molecule has 0 unspecified atom stereocenters. The maximum atomic E-state index is 8.68. The van der Waals surface area contributed by atoms with Gasteiger partial charge in [-0.15, -0.1) is 0 Å². The fourth-order valence-corrected chi connectivity index (χ4v) is 0. The van der Waals surface area contributed by atoms with Gasteiger partial charge in [-0.1, -0.05) is 0 Å². The minimum Gasteiger partial charge on any atom is -1.00 e. The van der Waals surface area contributed by atoms with Crippen LogP contribution in [0.1, 0.15) is 6.92 Å². The quantitative estimate of drug-likeness (QED) is 0.262. The Morgan fingerprint density at radius 3 is 1.50 bits per heavy atom. The van der Waals surface area contributed by atoms with Crippen LogP contribution in [0.5, 0.6) is 0 Å². The number of carbonyl (C=O) groups excluding carboxylic acids is 1. The molecule has 0 bridgehead atoms. The van der Waals surface area contributed by atoms with Crippen LogP contribution in [-0.2, 0) is 26.5 Å². The molecule has 0 atom stereocenters. The van der Waals surface area contributed by atoms with Gasteiger partial charge < -0.3 is 17.2 Å². The van der Waals surface area contributed by atoms with E-state index in [0.717, 1.165) is 0 Å². The minimum atomic E-state index is 0. The molecular weight excluding hydrogens is 148 g/mol. The molecule has 0 N–H and O–H groups in total. The van der Waals surface area contributed by atoms with Gasteiger partial charge in [0.05, 0.1) is 0 Å². The van der Waals surface area contributed by atoms with E-state index in [4.69, 9.17) is 4.79 Å². The standard InChI is InChI=1S/C2H3O.ClH.Mg.Ti/c1-2-3;;;/h1H3;1H;;/q-1;;+2;/p-1. The summed E-state index contributed by atoms with van der Waals surface area (Å²) in [6.07, 6.45) is 1.50. The van der Waals surface area contributed by atoms with Gasteiger partial charge in [0, 0.05) is 21.7 Å². The normalized spacial score (nSPS) is 2.17. The van der Waals surface area contributed by atoms with Crippen LogP contribution in [0.15, 0.2) is 0 Å². The third kappa shape index (κ3) is 51.7. The molecule has 0 aliphatic heterocycles. The van der Waals surface area contributed by atoms with Gasteiger partial charge in [0.2, 0.25) is 0 Å². The van der Waals surface area contributed by atoms with E-state index >= 15 is 0 Å². The SMILES string of the molecule is C[C-]=O.[Cl-].[Mg+2].[Ti]. The maximum Gasteiger partial charge on any atom is 2.00 e. The van der Waals surface area contributed by atoms with Gasteiger partial charge in [-0.25, -0.2) is 0 Å². The van der Waals surface area contributed by atoms with Crippen LogP contribution in [-0.4, -0.2) is 29.3 Å². The molecule has 0 aromatic carbocycles. The number of halogens is 1. The second-order valence-electron chi connectivity index (χ2n) is 0.204. The Labute approximate surface area is 74.7 Å². The molecule has 0 radical (unpaired) electrons.